The van der Waals surface area contributed by atoms with Crippen LogP contribution < -0.4 is 10.2 Å². The van der Waals surface area contributed by atoms with Gasteiger partial charge < -0.3 is 19.5 Å². The molecule has 0 aliphatic carbocycles. The molecule has 1 fully saturated rings. The lowest BCUT2D eigenvalue weighted by molar-refractivity contribution is -0.134. The molecule has 0 saturated carbocycles. The normalized spacial score (nSPS) is 14.8. The van der Waals surface area contributed by atoms with E-state index in [1.807, 2.05) is 43.0 Å². The zero-order valence-electron chi connectivity index (χ0n) is 15.7. The average Bonchev–Trinajstić information content (AvgIpc) is 3.20. The van der Waals surface area contributed by atoms with E-state index in [4.69, 9.17) is 4.42 Å². The molecule has 1 saturated heterocycles. The van der Waals surface area contributed by atoms with Crippen LogP contribution in [0.3, 0.4) is 0 Å². The van der Waals surface area contributed by atoms with Gasteiger partial charge in [-0.1, -0.05) is 13.8 Å². The van der Waals surface area contributed by atoms with Gasteiger partial charge in [0, 0.05) is 49.5 Å². The van der Waals surface area contributed by atoms with Crippen LogP contribution in [0.5, 0.6) is 0 Å². The van der Waals surface area contributed by atoms with E-state index in [2.05, 4.69) is 10.2 Å². The highest BCUT2D eigenvalue weighted by atomic mass is 16.3. The van der Waals surface area contributed by atoms with Crippen LogP contribution in [0.2, 0.25) is 0 Å². The average molecular weight is 367 g/mol. The smallest absolute Gasteiger partial charge is 0.248 e. The quantitative estimate of drug-likeness (QED) is 0.824. The lowest BCUT2D eigenvalue weighted by atomic mass is 10.1. The fourth-order valence-electron chi connectivity index (χ4n) is 3.03. The van der Waals surface area contributed by atoms with Gasteiger partial charge in [0.15, 0.2) is 0 Å². The Balaban J connectivity index is 1.52. The van der Waals surface area contributed by atoms with Crippen molar-refractivity contribution in [2.75, 3.05) is 36.4 Å². The highest BCUT2D eigenvalue weighted by Gasteiger charge is 2.22. The molecule has 2 aromatic rings. The van der Waals surface area contributed by atoms with Crippen LogP contribution >= 0.6 is 0 Å². The number of carbonyl (C=O) groups is 2. The predicted octanol–water partition coefficient (Wildman–Crippen LogP) is 3.24. The molecule has 1 aromatic carbocycles. The van der Waals surface area contributed by atoms with Gasteiger partial charge in [-0.05, 0) is 42.5 Å². The number of nitrogens with zero attached hydrogens (tertiary/aromatic N) is 2. The van der Waals surface area contributed by atoms with Crippen molar-refractivity contribution >= 4 is 29.3 Å². The van der Waals surface area contributed by atoms with E-state index < -0.39 is 0 Å². The zero-order valence-corrected chi connectivity index (χ0v) is 15.7. The molecule has 3 rings (SSSR count). The van der Waals surface area contributed by atoms with Gasteiger partial charge >= 0.3 is 0 Å². The van der Waals surface area contributed by atoms with Crippen LogP contribution in [0, 0.1) is 5.92 Å². The number of benzene rings is 1. The fourth-order valence-corrected chi connectivity index (χ4v) is 3.03. The lowest BCUT2D eigenvalue weighted by Gasteiger charge is -2.37. The van der Waals surface area contributed by atoms with Crippen molar-refractivity contribution in [1.82, 2.24) is 4.90 Å². The molecule has 6 heteroatoms. The zero-order chi connectivity index (χ0) is 19.2. The summed E-state index contributed by atoms with van der Waals surface area (Å²) in [7, 11) is 0. The second kappa shape index (κ2) is 8.58. The molecule has 1 aliphatic rings. The minimum atomic E-state index is -0.208. The first-order valence-electron chi connectivity index (χ1n) is 9.19. The number of amides is 2. The summed E-state index contributed by atoms with van der Waals surface area (Å²) in [6.45, 7) is 6.99. The Labute approximate surface area is 159 Å². The van der Waals surface area contributed by atoms with E-state index in [0.29, 0.717) is 5.76 Å². The standard InChI is InChI=1S/C21H25N3O3/c1-16(2)21(26)24-13-11-23(12-14-24)18-7-5-17(6-8-18)22-20(25)10-9-19-4-3-15-27-19/h3-10,15-16H,11-14H2,1-2H3,(H,22,25). The fraction of sp³-hybridized carbons (Fsp3) is 0.333. The Kier molecular flexibility index (Phi) is 5.96. The third-order valence-electron chi connectivity index (χ3n) is 4.53. The maximum Gasteiger partial charge on any atom is 0.248 e. The monoisotopic (exact) mass is 367 g/mol. The highest BCUT2D eigenvalue weighted by molar-refractivity contribution is 6.01. The maximum absolute atomic E-state index is 12.1. The molecule has 0 bridgehead atoms. The first-order chi connectivity index (χ1) is 13.0. The number of carbonyl (C=O) groups excluding carboxylic acids is 2. The topological polar surface area (TPSA) is 65.8 Å². The highest BCUT2D eigenvalue weighted by Crippen LogP contribution is 2.20. The van der Waals surface area contributed by atoms with E-state index in [1.165, 1.54) is 6.08 Å². The van der Waals surface area contributed by atoms with Crippen LogP contribution in [0.15, 0.2) is 53.2 Å². The van der Waals surface area contributed by atoms with Crippen LogP contribution in [-0.2, 0) is 9.59 Å². The molecule has 1 aromatic heterocycles. The number of anilines is 2. The number of rotatable bonds is 5. The van der Waals surface area contributed by atoms with Crippen molar-refractivity contribution in [3.8, 4) is 0 Å². The van der Waals surface area contributed by atoms with Gasteiger partial charge in [-0.15, -0.1) is 0 Å². The van der Waals surface area contributed by atoms with Crippen LogP contribution in [0.25, 0.3) is 6.08 Å². The van der Waals surface area contributed by atoms with E-state index in [1.54, 1.807) is 24.5 Å². The summed E-state index contributed by atoms with van der Waals surface area (Å²) >= 11 is 0. The Morgan fingerprint density at radius 1 is 1.07 bits per heavy atom. The number of nitrogens with one attached hydrogen (secondary N) is 1. The summed E-state index contributed by atoms with van der Waals surface area (Å²) < 4.78 is 5.16. The molecule has 2 heterocycles. The van der Waals surface area contributed by atoms with E-state index in [0.717, 1.165) is 37.6 Å². The first-order valence-corrected chi connectivity index (χ1v) is 9.19. The molecule has 142 valence electrons. The Bertz CT molecular complexity index is 787. The molecule has 1 N–H and O–H groups in total. The minimum Gasteiger partial charge on any atom is -0.465 e. The van der Waals surface area contributed by atoms with Crippen molar-refractivity contribution in [2.45, 2.75) is 13.8 Å². The van der Waals surface area contributed by atoms with E-state index >= 15 is 0 Å². The molecule has 6 nitrogen and oxygen atoms in total. The van der Waals surface area contributed by atoms with Crippen molar-refractivity contribution in [2.24, 2.45) is 5.92 Å². The van der Waals surface area contributed by atoms with Crippen molar-refractivity contribution in [3.05, 3.63) is 54.5 Å². The molecule has 0 radical (unpaired) electrons. The van der Waals surface area contributed by atoms with Crippen LogP contribution in [-0.4, -0.2) is 42.9 Å². The summed E-state index contributed by atoms with van der Waals surface area (Å²) in [6.07, 6.45) is 4.63. The molecule has 1 aliphatic heterocycles. The first kappa shape index (κ1) is 18.8. The van der Waals surface area contributed by atoms with Crippen molar-refractivity contribution in [1.29, 1.82) is 0 Å². The van der Waals surface area contributed by atoms with Gasteiger partial charge in [0.25, 0.3) is 0 Å². The van der Waals surface area contributed by atoms with Gasteiger partial charge in [-0.3, -0.25) is 9.59 Å². The lowest BCUT2D eigenvalue weighted by Crippen LogP contribution is -2.49. The Hall–Kier alpha value is -3.02. The third kappa shape index (κ3) is 5.00. The predicted molar refractivity (Wildman–Crippen MR) is 106 cm³/mol. The summed E-state index contributed by atoms with van der Waals surface area (Å²) in [6, 6.07) is 11.3. The second-order valence-corrected chi connectivity index (χ2v) is 6.85. The van der Waals surface area contributed by atoms with Crippen molar-refractivity contribution < 1.29 is 14.0 Å². The van der Waals surface area contributed by atoms with Gasteiger partial charge in [0.1, 0.15) is 5.76 Å². The summed E-state index contributed by atoms with van der Waals surface area (Å²) in [5.74, 6) is 0.687. The molecule has 2 amide bonds. The third-order valence-corrected chi connectivity index (χ3v) is 4.53. The minimum absolute atomic E-state index is 0.0429. The summed E-state index contributed by atoms with van der Waals surface area (Å²) in [5, 5.41) is 2.83. The Morgan fingerprint density at radius 3 is 2.37 bits per heavy atom. The van der Waals surface area contributed by atoms with Crippen LogP contribution in [0.1, 0.15) is 19.6 Å². The summed E-state index contributed by atoms with van der Waals surface area (Å²) in [5.41, 5.74) is 1.83. The molecule has 0 atom stereocenters. The number of hydrogen-bond acceptors (Lipinski definition) is 4. The number of hydrogen-bond donors (Lipinski definition) is 1. The molecule has 0 spiro atoms. The summed E-state index contributed by atoms with van der Waals surface area (Å²) in [4.78, 5) is 28.2. The largest absolute Gasteiger partial charge is 0.465 e. The maximum atomic E-state index is 12.1. The Morgan fingerprint density at radius 2 is 1.78 bits per heavy atom. The SMILES string of the molecule is CC(C)C(=O)N1CCN(c2ccc(NC(=O)C=Cc3ccco3)cc2)CC1. The van der Waals surface area contributed by atoms with Gasteiger partial charge in [0.2, 0.25) is 11.8 Å². The van der Waals surface area contributed by atoms with Gasteiger partial charge in [-0.2, -0.15) is 0 Å². The second-order valence-electron chi connectivity index (χ2n) is 6.85. The van der Waals surface area contributed by atoms with E-state index in [9.17, 15) is 9.59 Å². The van der Waals surface area contributed by atoms with Gasteiger partial charge in [-0.25, -0.2) is 0 Å². The molecule has 0 unspecified atom stereocenters. The van der Waals surface area contributed by atoms with E-state index in [-0.39, 0.29) is 17.7 Å². The van der Waals surface area contributed by atoms with Gasteiger partial charge in [0.05, 0.1) is 6.26 Å². The molecular formula is C21H25N3O3. The number of furan rings is 1. The van der Waals surface area contributed by atoms with Crippen LogP contribution in [0.4, 0.5) is 11.4 Å². The molecule has 27 heavy (non-hydrogen) atoms. The van der Waals surface area contributed by atoms with Crippen molar-refractivity contribution in [3.63, 3.8) is 0 Å². The number of piperazine rings is 1. The molecular weight excluding hydrogens is 342 g/mol.